The number of aliphatic hydroxyl groups excluding tert-OH is 1. The number of fused-ring (bicyclic) bond motifs is 3. The van der Waals surface area contributed by atoms with Crippen LogP contribution in [0.3, 0.4) is 0 Å². The van der Waals surface area contributed by atoms with Crippen molar-refractivity contribution >= 4 is 10.9 Å². The molecule has 2 saturated heterocycles. The topological polar surface area (TPSA) is 46.9 Å². The third kappa shape index (κ3) is 1.60. The van der Waals surface area contributed by atoms with E-state index in [1.54, 1.807) is 7.11 Å². The largest absolute Gasteiger partial charge is 0.495 e. The number of benzene rings is 1. The maximum atomic E-state index is 11.2. The molecule has 1 aromatic heterocycles. The molecule has 5 heteroatoms. The molecule has 0 amide bonds. The van der Waals surface area contributed by atoms with E-state index in [0.29, 0.717) is 12.1 Å². The molecule has 0 unspecified atom stereocenters. The second-order valence-electron chi connectivity index (χ2n) is 8.09. The Morgan fingerprint density at radius 1 is 1.32 bits per heavy atom. The molecule has 4 atom stereocenters. The van der Waals surface area contributed by atoms with Gasteiger partial charge in [0.1, 0.15) is 12.0 Å². The third-order valence-electron chi connectivity index (χ3n) is 7.24. The number of aliphatic hydroxyl groups is 1. The van der Waals surface area contributed by atoms with Crippen molar-refractivity contribution in [3.05, 3.63) is 29.5 Å². The first-order valence-electron chi connectivity index (χ1n) is 9.48. The third-order valence-corrected chi connectivity index (χ3v) is 7.24. The summed E-state index contributed by atoms with van der Waals surface area (Å²) in [7, 11) is 1.72. The van der Waals surface area contributed by atoms with E-state index in [2.05, 4.69) is 21.6 Å². The fraction of sp³-hybridized carbons (Fsp3) is 0.600. The number of piperidine rings is 1. The minimum Gasteiger partial charge on any atom is -0.495 e. The number of para-hydroxylation sites is 1. The molecule has 1 N–H and O–H groups in total. The zero-order valence-electron chi connectivity index (χ0n) is 14.6. The number of nitrogens with zero attached hydrogens (tertiary/aromatic N) is 2. The smallest absolute Gasteiger partial charge is 0.143 e. The van der Waals surface area contributed by atoms with Crippen molar-refractivity contribution in [2.24, 2.45) is 5.41 Å². The number of hydrogen-bond acceptors (Lipinski definition) is 4. The van der Waals surface area contributed by atoms with Crippen LogP contribution in [0.15, 0.2) is 18.2 Å². The molecule has 0 radical (unpaired) electrons. The molecule has 4 aliphatic heterocycles. The highest BCUT2D eigenvalue weighted by atomic mass is 16.5. The van der Waals surface area contributed by atoms with Gasteiger partial charge in [0.05, 0.1) is 24.8 Å². The summed E-state index contributed by atoms with van der Waals surface area (Å²) in [6.07, 6.45) is 3.80. The van der Waals surface area contributed by atoms with Gasteiger partial charge in [0.25, 0.3) is 0 Å². The normalized spacial score (nSPS) is 36.3. The second kappa shape index (κ2) is 4.78. The lowest BCUT2D eigenvalue weighted by atomic mass is 9.63. The molecule has 0 saturated carbocycles. The lowest BCUT2D eigenvalue weighted by Crippen LogP contribution is -2.57. The Bertz CT molecular complexity index is 875. The summed E-state index contributed by atoms with van der Waals surface area (Å²) in [5.74, 6) is 0.864. The Kier molecular flexibility index (Phi) is 2.79. The Morgan fingerprint density at radius 3 is 3.12 bits per heavy atom. The standard InChI is InChI=1S/C20H24N2O3/c1-24-14-4-2-3-12-13-5-8-21-9-6-15-20(7-10-25-15)11-16(23)22(17(12)14)18(13)19(20)21/h2-4,15-16,19,23H,5-11H2,1H3/t15-,16-,19+,20+/m0/s1. The van der Waals surface area contributed by atoms with E-state index in [1.165, 1.54) is 16.6 Å². The summed E-state index contributed by atoms with van der Waals surface area (Å²) in [5, 5.41) is 12.5. The SMILES string of the molecule is COc1cccc2c3c4n(c12)[C@@H](O)C[C@]12CCO[C@H]1CCN(CC3)[C@H]42. The fourth-order valence-electron chi connectivity index (χ4n) is 6.35. The molecule has 0 bridgehead atoms. The summed E-state index contributed by atoms with van der Waals surface area (Å²) in [4.78, 5) is 2.65. The molecule has 4 aliphatic rings. The molecule has 5 nitrogen and oxygen atoms in total. The minimum atomic E-state index is -0.499. The van der Waals surface area contributed by atoms with Crippen molar-refractivity contribution in [3.63, 3.8) is 0 Å². The number of methoxy groups -OCH3 is 1. The van der Waals surface area contributed by atoms with E-state index >= 15 is 0 Å². The molecule has 2 fully saturated rings. The van der Waals surface area contributed by atoms with Crippen molar-refractivity contribution in [1.29, 1.82) is 0 Å². The Balaban J connectivity index is 1.70. The highest BCUT2D eigenvalue weighted by molar-refractivity contribution is 5.91. The summed E-state index contributed by atoms with van der Waals surface area (Å²) >= 11 is 0. The Labute approximate surface area is 147 Å². The molecule has 6 rings (SSSR count). The predicted octanol–water partition coefficient (Wildman–Crippen LogP) is 2.62. The zero-order chi connectivity index (χ0) is 16.8. The highest BCUT2D eigenvalue weighted by Gasteiger charge is 2.60. The van der Waals surface area contributed by atoms with Gasteiger partial charge in [-0.15, -0.1) is 0 Å². The molecule has 132 valence electrons. The average Bonchev–Trinajstić information content (AvgIpc) is 3.19. The van der Waals surface area contributed by atoms with Crippen molar-refractivity contribution in [2.45, 2.75) is 44.1 Å². The van der Waals surface area contributed by atoms with E-state index in [9.17, 15) is 5.11 Å². The summed E-state index contributed by atoms with van der Waals surface area (Å²) in [5.41, 5.74) is 3.89. The first-order valence-corrected chi connectivity index (χ1v) is 9.48. The molecular weight excluding hydrogens is 316 g/mol. The molecule has 0 aliphatic carbocycles. The molecular formula is C20H24N2O3. The predicted molar refractivity (Wildman–Crippen MR) is 93.8 cm³/mol. The highest BCUT2D eigenvalue weighted by Crippen LogP contribution is 2.62. The van der Waals surface area contributed by atoms with Crippen molar-refractivity contribution in [2.75, 3.05) is 26.8 Å². The Hall–Kier alpha value is -1.56. The van der Waals surface area contributed by atoms with Crippen molar-refractivity contribution in [1.82, 2.24) is 9.47 Å². The number of aromatic nitrogens is 1. The zero-order valence-corrected chi connectivity index (χ0v) is 14.6. The number of rotatable bonds is 1. The van der Waals surface area contributed by atoms with Gasteiger partial charge in [0, 0.05) is 42.6 Å². The quantitative estimate of drug-likeness (QED) is 0.867. The van der Waals surface area contributed by atoms with Gasteiger partial charge in [0.2, 0.25) is 0 Å². The van der Waals surface area contributed by atoms with Crippen LogP contribution in [-0.2, 0) is 11.2 Å². The number of hydrogen-bond donors (Lipinski definition) is 1. The van der Waals surface area contributed by atoms with E-state index in [1.807, 2.05) is 6.07 Å². The molecule has 1 aromatic carbocycles. The van der Waals surface area contributed by atoms with Crippen molar-refractivity contribution in [3.8, 4) is 5.75 Å². The van der Waals surface area contributed by atoms with Crippen LogP contribution in [0.25, 0.3) is 10.9 Å². The lowest BCUT2D eigenvalue weighted by Gasteiger charge is -2.56. The fourth-order valence-corrected chi connectivity index (χ4v) is 6.35. The summed E-state index contributed by atoms with van der Waals surface area (Å²) < 4.78 is 14.0. The summed E-state index contributed by atoms with van der Waals surface area (Å²) in [6.45, 7) is 3.05. The van der Waals surface area contributed by atoms with E-state index in [-0.39, 0.29) is 5.41 Å². The first-order chi connectivity index (χ1) is 12.2. The van der Waals surface area contributed by atoms with Crippen LogP contribution in [0.5, 0.6) is 5.75 Å². The van der Waals surface area contributed by atoms with Crippen LogP contribution in [0, 0.1) is 5.41 Å². The van der Waals surface area contributed by atoms with Gasteiger partial charge < -0.3 is 19.1 Å². The van der Waals surface area contributed by atoms with Crippen LogP contribution < -0.4 is 4.74 Å². The van der Waals surface area contributed by atoms with Crippen LogP contribution in [0.4, 0.5) is 0 Å². The molecule has 5 heterocycles. The molecule has 1 spiro atoms. The summed E-state index contributed by atoms with van der Waals surface area (Å²) in [6, 6.07) is 6.65. The van der Waals surface area contributed by atoms with Gasteiger partial charge in [-0.05, 0) is 30.9 Å². The maximum Gasteiger partial charge on any atom is 0.143 e. The monoisotopic (exact) mass is 340 g/mol. The molecule has 25 heavy (non-hydrogen) atoms. The van der Waals surface area contributed by atoms with Gasteiger partial charge in [0.15, 0.2) is 0 Å². The Morgan fingerprint density at radius 2 is 2.24 bits per heavy atom. The van der Waals surface area contributed by atoms with Crippen LogP contribution in [0.2, 0.25) is 0 Å². The maximum absolute atomic E-state index is 11.2. The van der Waals surface area contributed by atoms with Gasteiger partial charge in [-0.25, -0.2) is 0 Å². The first kappa shape index (κ1) is 14.6. The van der Waals surface area contributed by atoms with E-state index < -0.39 is 6.23 Å². The lowest BCUT2D eigenvalue weighted by molar-refractivity contribution is -0.117. The second-order valence-corrected chi connectivity index (χ2v) is 8.09. The van der Waals surface area contributed by atoms with Gasteiger partial charge in [-0.2, -0.15) is 0 Å². The van der Waals surface area contributed by atoms with Gasteiger partial charge in [-0.3, -0.25) is 4.90 Å². The van der Waals surface area contributed by atoms with Gasteiger partial charge >= 0.3 is 0 Å². The van der Waals surface area contributed by atoms with Crippen LogP contribution in [0.1, 0.15) is 42.8 Å². The van der Waals surface area contributed by atoms with E-state index in [4.69, 9.17) is 9.47 Å². The van der Waals surface area contributed by atoms with E-state index in [0.717, 1.165) is 56.6 Å². The van der Waals surface area contributed by atoms with Crippen LogP contribution >= 0.6 is 0 Å². The minimum absolute atomic E-state index is 0.0739. The van der Waals surface area contributed by atoms with Crippen molar-refractivity contribution < 1.29 is 14.6 Å². The average molecular weight is 340 g/mol. The molecule has 2 aromatic rings. The number of ether oxygens (including phenoxy) is 2. The van der Waals surface area contributed by atoms with Crippen LogP contribution in [-0.4, -0.2) is 47.5 Å². The van der Waals surface area contributed by atoms with Gasteiger partial charge in [-0.1, -0.05) is 12.1 Å².